The monoisotopic (exact) mass is 264 g/mol. The van der Waals surface area contributed by atoms with E-state index in [1.54, 1.807) is 19.9 Å². The van der Waals surface area contributed by atoms with Crippen molar-refractivity contribution in [1.82, 2.24) is 9.78 Å². The average Bonchev–Trinajstić information content (AvgIpc) is 2.75. The summed E-state index contributed by atoms with van der Waals surface area (Å²) < 4.78 is 19.1. The second-order valence-corrected chi connectivity index (χ2v) is 3.99. The van der Waals surface area contributed by atoms with Crippen LogP contribution in [-0.2, 0) is 4.74 Å². The van der Waals surface area contributed by atoms with Gasteiger partial charge >= 0.3 is 5.97 Å². The summed E-state index contributed by atoms with van der Waals surface area (Å²) in [6.07, 6.45) is 0. The van der Waals surface area contributed by atoms with Gasteiger partial charge in [0.1, 0.15) is 11.5 Å². The molecule has 0 atom stereocenters. The number of nitrogens with one attached hydrogen (secondary N) is 1. The van der Waals surface area contributed by atoms with Crippen LogP contribution in [0.15, 0.2) is 29.1 Å². The van der Waals surface area contributed by atoms with Gasteiger partial charge in [0, 0.05) is 6.07 Å². The van der Waals surface area contributed by atoms with Crippen molar-refractivity contribution in [2.24, 2.45) is 0 Å². The van der Waals surface area contributed by atoms with E-state index < -0.39 is 17.3 Å². The number of aromatic nitrogens is 2. The molecule has 0 saturated heterocycles. The van der Waals surface area contributed by atoms with Crippen molar-refractivity contribution in [2.75, 3.05) is 6.61 Å². The van der Waals surface area contributed by atoms with Crippen molar-refractivity contribution < 1.29 is 13.9 Å². The SMILES string of the molecule is CCOC(=O)c1cc(=O)n(-c2cc(F)ccc2C)[nH]1. The Morgan fingerprint density at radius 1 is 1.42 bits per heavy atom. The Bertz CT molecular complexity index is 673. The fourth-order valence-electron chi connectivity index (χ4n) is 1.71. The lowest BCUT2D eigenvalue weighted by atomic mass is 10.2. The molecule has 0 aliphatic heterocycles. The summed E-state index contributed by atoms with van der Waals surface area (Å²) in [6.45, 7) is 3.63. The van der Waals surface area contributed by atoms with Gasteiger partial charge in [0.15, 0.2) is 0 Å². The quantitative estimate of drug-likeness (QED) is 0.859. The molecule has 1 aromatic carbocycles. The zero-order valence-corrected chi connectivity index (χ0v) is 10.6. The molecule has 0 unspecified atom stereocenters. The number of H-pyrrole nitrogens is 1. The molecule has 6 heteroatoms. The van der Waals surface area contributed by atoms with E-state index >= 15 is 0 Å². The second kappa shape index (κ2) is 5.09. The van der Waals surface area contributed by atoms with Crippen LogP contribution in [0.5, 0.6) is 0 Å². The molecule has 5 nitrogen and oxygen atoms in total. The first kappa shape index (κ1) is 13.1. The van der Waals surface area contributed by atoms with Crippen molar-refractivity contribution >= 4 is 5.97 Å². The Morgan fingerprint density at radius 3 is 2.84 bits per heavy atom. The summed E-state index contributed by atoms with van der Waals surface area (Å²) in [5.74, 6) is -1.08. The van der Waals surface area contributed by atoms with Crippen LogP contribution in [0.3, 0.4) is 0 Å². The number of nitrogens with zero attached hydrogens (tertiary/aromatic N) is 1. The number of aromatic amines is 1. The van der Waals surface area contributed by atoms with E-state index in [4.69, 9.17) is 4.74 Å². The summed E-state index contributed by atoms with van der Waals surface area (Å²) in [6, 6.07) is 5.21. The van der Waals surface area contributed by atoms with Crippen molar-refractivity contribution in [3.8, 4) is 5.69 Å². The summed E-state index contributed by atoms with van der Waals surface area (Å²) in [5.41, 5.74) is 0.661. The highest BCUT2D eigenvalue weighted by Gasteiger charge is 2.14. The van der Waals surface area contributed by atoms with Crippen molar-refractivity contribution in [2.45, 2.75) is 13.8 Å². The first-order valence-corrected chi connectivity index (χ1v) is 5.78. The zero-order chi connectivity index (χ0) is 14.0. The third kappa shape index (κ3) is 2.57. The van der Waals surface area contributed by atoms with Gasteiger partial charge in [-0.15, -0.1) is 0 Å². The third-order valence-electron chi connectivity index (χ3n) is 2.63. The fourth-order valence-corrected chi connectivity index (χ4v) is 1.71. The number of esters is 1. The van der Waals surface area contributed by atoms with Gasteiger partial charge < -0.3 is 4.74 Å². The Labute approximate surface area is 108 Å². The van der Waals surface area contributed by atoms with Crippen LogP contribution in [0.2, 0.25) is 0 Å². The number of hydrogen-bond acceptors (Lipinski definition) is 3. The smallest absolute Gasteiger partial charge is 0.356 e. The fraction of sp³-hybridized carbons (Fsp3) is 0.231. The van der Waals surface area contributed by atoms with Crippen LogP contribution >= 0.6 is 0 Å². The summed E-state index contributed by atoms with van der Waals surface area (Å²) in [7, 11) is 0. The molecule has 19 heavy (non-hydrogen) atoms. The standard InChI is InChI=1S/C13H13FN2O3/c1-3-19-13(18)10-7-12(17)16(15-10)11-6-9(14)5-4-8(11)2/h4-7,15H,3H2,1-2H3. The van der Waals surface area contributed by atoms with Crippen LogP contribution in [0.25, 0.3) is 5.69 Å². The summed E-state index contributed by atoms with van der Waals surface area (Å²) in [5, 5.41) is 2.61. The number of ether oxygens (including phenoxy) is 1. The molecule has 1 aromatic heterocycles. The lowest BCUT2D eigenvalue weighted by molar-refractivity contribution is 0.0519. The largest absolute Gasteiger partial charge is 0.461 e. The highest BCUT2D eigenvalue weighted by Crippen LogP contribution is 2.13. The van der Waals surface area contributed by atoms with Crippen LogP contribution in [0.1, 0.15) is 23.0 Å². The topological polar surface area (TPSA) is 64.1 Å². The minimum atomic E-state index is -0.618. The maximum Gasteiger partial charge on any atom is 0.356 e. The Hall–Kier alpha value is -2.37. The van der Waals surface area contributed by atoms with E-state index in [2.05, 4.69) is 5.10 Å². The van der Waals surface area contributed by atoms with Crippen molar-refractivity contribution in [3.63, 3.8) is 0 Å². The number of carbonyl (C=O) groups is 1. The van der Waals surface area contributed by atoms with Crippen LogP contribution < -0.4 is 5.56 Å². The predicted octanol–water partition coefficient (Wildman–Crippen LogP) is 1.79. The molecule has 2 rings (SSSR count). The Balaban J connectivity index is 2.49. The van der Waals surface area contributed by atoms with E-state index in [-0.39, 0.29) is 12.3 Å². The lowest BCUT2D eigenvalue weighted by Crippen LogP contribution is -2.15. The maximum atomic E-state index is 13.2. The van der Waals surface area contributed by atoms with E-state index in [1.807, 2.05) is 0 Å². The second-order valence-electron chi connectivity index (χ2n) is 3.99. The number of benzene rings is 1. The van der Waals surface area contributed by atoms with Gasteiger partial charge in [-0.2, -0.15) is 0 Å². The van der Waals surface area contributed by atoms with Gasteiger partial charge in [-0.05, 0) is 31.5 Å². The molecule has 0 amide bonds. The normalized spacial score (nSPS) is 10.5. The molecule has 1 heterocycles. The first-order valence-electron chi connectivity index (χ1n) is 5.78. The highest BCUT2D eigenvalue weighted by molar-refractivity contribution is 5.87. The van der Waals surface area contributed by atoms with Gasteiger partial charge in [0.25, 0.3) is 5.56 Å². The first-order chi connectivity index (χ1) is 9.02. The Kier molecular flexibility index (Phi) is 3.50. The highest BCUT2D eigenvalue weighted by atomic mass is 19.1. The molecule has 0 radical (unpaired) electrons. The van der Waals surface area contributed by atoms with Gasteiger partial charge in [-0.1, -0.05) is 6.07 Å². The molecule has 0 saturated carbocycles. The molecule has 2 aromatic rings. The average molecular weight is 264 g/mol. The number of rotatable bonds is 3. The van der Waals surface area contributed by atoms with Crippen LogP contribution in [0, 0.1) is 12.7 Å². The molecule has 0 bridgehead atoms. The maximum absolute atomic E-state index is 13.2. The molecule has 1 N–H and O–H groups in total. The molecular formula is C13H13FN2O3. The van der Waals surface area contributed by atoms with Crippen LogP contribution in [-0.4, -0.2) is 22.4 Å². The van der Waals surface area contributed by atoms with Gasteiger partial charge in [-0.25, -0.2) is 13.9 Å². The molecule has 0 aliphatic rings. The van der Waals surface area contributed by atoms with Crippen molar-refractivity contribution in [1.29, 1.82) is 0 Å². The molecule has 100 valence electrons. The summed E-state index contributed by atoms with van der Waals surface area (Å²) in [4.78, 5) is 23.3. The van der Waals surface area contributed by atoms with Gasteiger partial charge in [0.05, 0.1) is 12.3 Å². The van der Waals surface area contributed by atoms with Crippen LogP contribution in [0.4, 0.5) is 4.39 Å². The number of carbonyl (C=O) groups excluding carboxylic acids is 1. The van der Waals surface area contributed by atoms with Gasteiger partial charge in [-0.3, -0.25) is 9.89 Å². The third-order valence-corrected chi connectivity index (χ3v) is 2.63. The minimum absolute atomic E-state index is 0.0375. The van der Waals surface area contributed by atoms with Gasteiger partial charge in [0.2, 0.25) is 0 Å². The zero-order valence-electron chi connectivity index (χ0n) is 10.6. The minimum Gasteiger partial charge on any atom is -0.461 e. The Morgan fingerprint density at radius 2 is 2.16 bits per heavy atom. The molecule has 0 spiro atoms. The number of halogens is 1. The van der Waals surface area contributed by atoms with E-state index in [1.165, 1.54) is 12.1 Å². The lowest BCUT2D eigenvalue weighted by Gasteiger charge is -2.06. The number of hydrogen-bond donors (Lipinski definition) is 1. The van der Waals surface area contributed by atoms with E-state index in [0.29, 0.717) is 11.3 Å². The number of aryl methyl sites for hydroxylation is 1. The molecular weight excluding hydrogens is 251 g/mol. The molecule has 0 aliphatic carbocycles. The van der Waals surface area contributed by atoms with Crippen molar-refractivity contribution in [3.05, 3.63) is 51.7 Å². The van der Waals surface area contributed by atoms with E-state index in [0.717, 1.165) is 10.7 Å². The summed E-state index contributed by atoms with van der Waals surface area (Å²) >= 11 is 0. The molecule has 0 fully saturated rings. The van der Waals surface area contributed by atoms with E-state index in [9.17, 15) is 14.0 Å². The predicted molar refractivity (Wildman–Crippen MR) is 67.0 cm³/mol.